The Bertz CT molecular complexity index is 550. The second-order valence-electron chi connectivity index (χ2n) is 6.05. The van der Waals surface area contributed by atoms with Crippen LogP contribution in [0.25, 0.3) is 0 Å². The summed E-state index contributed by atoms with van der Waals surface area (Å²) in [5.74, 6) is 0.842. The number of halogens is 1. The molecule has 0 aliphatic heterocycles. The van der Waals surface area contributed by atoms with Gasteiger partial charge in [0.1, 0.15) is 0 Å². The standard InChI is InChI=1S/C19H31ClN2O3/c1-6-11-25-18-16(20)12-15(13-17(18)24-8-3)19(23)21-9-10-22(7-2)14(4)5/h12-14H,6-11H2,1-5H3,(H,21,23). The van der Waals surface area contributed by atoms with Crippen LogP contribution in [0, 0.1) is 0 Å². The molecule has 0 fully saturated rings. The van der Waals surface area contributed by atoms with Crippen LogP contribution >= 0.6 is 11.6 Å². The summed E-state index contributed by atoms with van der Waals surface area (Å²) < 4.78 is 11.3. The maximum Gasteiger partial charge on any atom is 0.251 e. The van der Waals surface area contributed by atoms with Gasteiger partial charge in [-0.3, -0.25) is 9.69 Å². The van der Waals surface area contributed by atoms with Crippen LogP contribution in [0.2, 0.25) is 5.02 Å². The highest BCUT2D eigenvalue weighted by molar-refractivity contribution is 6.32. The molecule has 0 aromatic heterocycles. The van der Waals surface area contributed by atoms with Crippen molar-refractivity contribution < 1.29 is 14.3 Å². The van der Waals surface area contributed by atoms with Crippen molar-refractivity contribution in [2.24, 2.45) is 0 Å². The predicted molar refractivity (Wildman–Crippen MR) is 103 cm³/mol. The van der Waals surface area contributed by atoms with E-state index in [9.17, 15) is 4.79 Å². The number of nitrogens with zero attached hydrogens (tertiary/aromatic N) is 1. The Morgan fingerprint density at radius 2 is 1.96 bits per heavy atom. The molecule has 0 atom stereocenters. The van der Waals surface area contributed by atoms with Gasteiger partial charge in [0, 0.05) is 24.7 Å². The van der Waals surface area contributed by atoms with Gasteiger partial charge in [-0.2, -0.15) is 0 Å². The molecule has 25 heavy (non-hydrogen) atoms. The highest BCUT2D eigenvalue weighted by atomic mass is 35.5. The topological polar surface area (TPSA) is 50.8 Å². The van der Waals surface area contributed by atoms with Crippen LogP contribution in [-0.4, -0.2) is 49.7 Å². The average molecular weight is 371 g/mol. The average Bonchev–Trinajstić information content (AvgIpc) is 2.57. The zero-order chi connectivity index (χ0) is 18.8. The molecule has 0 saturated heterocycles. The molecular formula is C19H31ClN2O3. The van der Waals surface area contributed by atoms with E-state index < -0.39 is 0 Å². The zero-order valence-corrected chi connectivity index (χ0v) is 16.8. The van der Waals surface area contributed by atoms with Crippen LogP contribution in [0.15, 0.2) is 12.1 Å². The monoisotopic (exact) mass is 370 g/mol. The summed E-state index contributed by atoms with van der Waals surface area (Å²) >= 11 is 6.31. The summed E-state index contributed by atoms with van der Waals surface area (Å²) in [6, 6.07) is 3.77. The van der Waals surface area contributed by atoms with Crippen molar-refractivity contribution in [3.05, 3.63) is 22.7 Å². The van der Waals surface area contributed by atoms with Gasteiger partial charge in [0.2, 0.25) is 0 Å². The first-order chi connectivity index (χ1) is 11.9. The van der Waals surface area contributed by atoms with Crippen molar-refractivity contribution in [3.63, 3.8) is 0 Å². The Balaban J connectivity index is 2.81. The molecule has 0 spiro atoms. The van der Waals surface area contributed by atoms with Gasteiger partial charge in [0.25, 0.3) is 5.91 Å². The first-order valence-electron chi connectivity index (χ1n) is 9.05. The number of ether oxygens (including phenoxy) is 2. The summed E-state index contributed by atoms with van der Waals surface area (Å²) in [6.45, 7) is 13.7. The first-order valence-corrected chi connectivity index (χ1v) is 9.43. The van der Waals surface area contributed by atoms with E-state index in [1.807, 2.05) is 13.8 Å². The van der Waals surface area contributed by atoms with E-state index >= 15 is 0 Å². The highest BCUT2D eigenvalue weighted by Crippen LogP contribution is 2.36. The first kappa shape index (κ1) is 21.6. The summed E-state index contributed by atoms with van der Waals surface area (Å²) in [5.41, 5.74) is 0.477. The lowest BCUT2D eigenvalue weighted by Gasteiger charge is -2.24. The number of likely N-dealkylation sites (N-methyl/N-ethyl adjacent to an activating group) is 1. The van der Waals surface area contributed by atoms with E-state index in [2.05, 4.69) is 31.0 Å². The normalized spacial score (nSPS) is 11.0. The molecule has 1 aromatic carbocycles. The van der Waals surface area contributed by atoms with Crippen LogP contribution in [0.3, 0.4) is 0 Å². The van der Waals surface area contributed by atoms with Crippen molar-refractivity contribution in [3.8, 4) is 11.5 Å². The van der Waals surface area contributed by atoms with E-state index in [0.717, 1.165) is 19.5 Å². The van der Waals surface area contributed by atoms with Gasteiger partial charge >= 0.3 is 0 Å². The van der Waals surface area contributed by atoms with Crippen LogP contribution in [0.1, 0.15) is 51.4 Å². The molecule has 0 aliphatic rings. The van der Waals surface area contributed by atoms with E-state index in [1.54, 1.807) is 12.1 Å². The van der Waals surface area contributed by atoms with Crippen LogP contribution in [-0.2, 0) is 0 Å². The molecule has 6 heteroatoms. The van der Waals surface area contributed by atoms with Crippen molar-refractivity contribution >= 4 is 17.5 Å². The fraction of sp³-hybridized carbons (Fsp3) is 0.632. The summed E-state index contributed by atoms with van der Waals surface area (Å²) in [4.78, 5) is 14.7. The highest BCUT2D eigenvalue weighted by Gasteiger charge is 2.16. The fourth-order valence-electron chi connectivity index (χ4n) is 2.50. The second kappa shape index (κ2) is 11.2. The Kier molecular flexibility index (Phi) is 9.68. The number of hydrogen-bond donors (Lipinski definition) is 1. The molecule has 1 amide bonds. The molecule has 0 heterocycles. The molecule has 0 bridgehead atoms. The van der Waals surface area contributed by atoms with Gasteiger partial charge in [-0.1, -0.05) is 25.4 Å². The van der Waals surface area contributed by atoms with Crippen LogP contribution in [0.5, 0.6) is 11.5 Å². The molecular weight excluding hydrogens is 340 g/mol. The number of carbonyl (C=O) groups is 1. The zero-order valence-electron chi connectivity index (χ0n) is 16.0. The fourth-order valence-corrected chi connectivity index (χ4v) is 2.77. The van der Waals surface area contributed by atoms with Crippen LogP contribution in [0.4, 0.5) is 0 Å². The van der Waals surface area contributed by atoms with E-state index in [-0.39, 0.29) is 5.91 Å². The Morgan fingerprint density at radius 1 is 1.24 bits per heavy atom. The van der Waals surface area contributed by atoms with Crippen LogP contribution < -0.4 is 14.8 Å². The lowest BCUT2D eigenvalue weighted by Crippen LogP contribution is -2.38. The van der Waals surface area contributed by atoms with Crippen molar-refractivity contribution in [2.45, 2.75) is 47.1 Å². The van der Waals surface area contributed by atoms with Gasteiger partial charge in [-0.05, 0) is 45.9 Å². The number of nitrogens with one attached hydrogen (secondary N) is 1. The van der Waals surface area contributed by atoms with Crippen molar-refractivity contribution in [1.82, 2.24) is 10.2 Å². The minimum atomic E-state index is -0.162. The molecule has 1 N–H and O–H groups in total. The quantitative estimate of drug-likeness (QED) is 0.640. The number of carbonyl (C=O) groups excluding carboxylic acids is 1. The lowest BCUT2D eigenvalue weighted by molar-refractivity contribution is 0.0945. The summed E-state index contributed by atoms with van der Waals surface area (Å²) in [5, 5.41) is 3.33. The van der Waals surface area contributed by atoms with Gasteiger partial charge in [0.15, 0.2) is 11.5 Å². The molecule has 142 valence electrons. The Labute approximate surface area is 156 Å². The van der Waals surface area contributed by atoms with Gasteiger partial charge < -0.3 is 14.8 Å². The molecule has 0 saturated carbocycles. The van der Waals surface area contributed by atoms with E-state index in [4.69, 9.17) is 21.1 Å². The van der Waals surface area contributed by atoms with E-state index in [1.165, 1.54) is 0 Å². The van der Waals surface area contributed by atoms with Crippen molar-refractivity contribution in [1.29, 1.82) is 0 Å². The third-order valence-corrected chi connectivity index (χ3v) is 4.12. The SMILES string of the molecule is CCCOc1c(Cl)cc(C(=O)NCCN(CC)C(C)C)cc1OCC. The molecule has 0 radical (unpaired) electrons. The third kappa shape index (κ3) is 6.75. The van der Waals surface area contributed by atoms with Gasteiger partial charge in [0.05, 0.1) is 18.2 Å². The number of rotatable bonds is 11. The molecule has 1 rings (SSSR count). The third-order valence-electron chi connectivity index (χ3n) is 3.84. The van der Waals surface area contributed by atoms with Gasteiger partial charge in [-0.15, -0.1) is 0 Å². The maximum absolute atomic E-state index is 12.4. The molecule has 0 unspecified atom stereocenters. The molecule has 5 nitrogen and oxygen atoms in total. The Hall–Kier alpha value is -1.46. The lowest BCUT2D eigenvalue weighted by atomic mass is 10.2. The van der Waals surface area contributed by atoms with Gasteiger partial charge in [-0.25, -0.2) is 0 Å². The number of benzene rings is 1. The molecule has 0 aliphatic carbocycles. The number of hydrogen-bond acceptors (Lipinski definition) is 4. The summed E-state index contributed by atoms with van der Waals surface area (Å²) in [6.07, 6.45) is 0.869. The second-order valence-corrected chi connectivity index (χ2v) is 6.45. The number of amides is 1. The van der Waals surface area contributed by atoms with E-state index in [0.29, 0.717) is 47.9 Å². The minimum Gasteiger partial charge on any atom is -0.490 e. The summed E-state index contributed by atoms with van der Waals surface area (Å²) in [7, 11) is 0. The minimum absolute atomic E-state index is 0.162. The molecule has 1 aromatic rings. The van der Waals surface area contributed by atoms with Crippen molar-refractivity contribution in [2.75, 3.05) is 32.8 Å². The largest absolute Gasteiger partial charge is 0.490 e. The smallest absolute Gasteiger partial charge is 0.251 e. The maximum atomic E-state index is 12.4. The Morgan fingerprint density at radius 3 is 2.52 bits per heavy atom. The predicted octanol–water partition coefficient (Wildman–Crippen LogP) is 3.99.